The average molecular weight is 476 g/mol. The molecule has 0 saturated carbocycles. The van der Waals surface area contributed by atoms with Gasteiger partial charge in [-0.15, -0.1) is 0 Å². The Hall–Kier alpha value is -3.51. The van der Waals surface area contributed by atoms with Gasteiger partial charge in [0.1, 0.15) is 46.5 Å². The second-order valence-electron chi connectivity index (χ2n) is 7.82. The van der Waals surface area contributed by atoms with E-state index in [1.54, 1.807) is 0 Å². The quantitative estimate of drug-likeness (QED) is 0.357. The molecule has 0 amide bonds. The van der Waals surface area contributed by atoms with Gasteiger partial charge in [0.2, 0.25) is 12.0 Å². The molecule has 1 saturated heterocycles. The van der Waals surface area contributed by atoms with Gasteiger partial charge in [-0.2, -0.15) is 0 Å². The predicted molar refractivity (Wildman–Crippen MR) is 117 cm³/mol. The normalized spacial score (nSPS) is 24.7. The van der Waals surface area contributed by atoms with Crippen molar-refractivity contribution < 1.29 is 48.9 Å². The average Bonchev–Trinajstić information content (AvgIpc) is 2.80. The summed E-state index contributed by atoms with van der Waals surface area (Å²) < 4.78 is 27.8. The lowest BCUT2D eigenvalue weighted by molar-refractivity contribution is -0.268. The molecule has 182 valence electrons. The highest BCUT2D eigenvalue weighted by Crippen LogP contribution is 2.43. The molecule has 0 spiro atoms. The number of phenolic OH excluding ortho intramolecular Hbond substituents is 2. The lowest BCUT2D eigenvalue weighted by Gasteiger charge is -2.39. The summed E-state index contributed by atoms with van der Waals surface area (Å²) in [5, 5.41) is 49.9. The third kappa shape index (κ3) is 4.10. The first kappa shape index (κ1) is 23.6. The first-order chi connectivity index (χ1) is 16.1. The molecule has 0 aliphatic carbocycles. The summed E-state index contributed by atoms with van der Waals surface area (Å²) in [5.74, 6) is -0.322. The second-order valence-corrected chi connectivity index (χ2v) is 7.82. The van der Waals surface area contributed by atoms with Crippen molar-refractivity contribution in [2.24, 2.45) is 0 Å². The Morgan fingerprint density at radius 3 is 2.15 bits per heavy atom. The maximum atomic E-state index is 12.6. The van der Waals surface area contributed by atoms with E-state index in [4.69, 9.17) is 23.4 Å². The van der Waals surface area contributed by atoms with Crippen LogP contribution in [0.4, 0.5) is 0 Å². The van der Waals surface area contributed by atoms with Crippen molar-refractivity contribution in [1.29, 1.82) is 0 Å². The summed E-state index contributed by atoms with van der Waals surface area (Å²) in [4.78, 5) is 12.6. The number of aliphatic hydroxyl groups is 3. The predicted octanol–water partition coefficient (Wildman–Crippen LogP) is 1.09. The van der Waals surface area contributed by atoms with Crippen molar-refractivity contribution in [3.8, 4) is 40.1 Å². The van der Waals surface area contributed by atoms with Crippen molar-refractivity contribution in [3.05, 3.63) is 40.6 Å². The van der Waals surface area contributed by atoms with Gasteiger partial charge >= 0.3 is 0 Å². The first-order valence-electron chi connectivity index (χ1n) is 10.3. The van der Waals surface area contributed by atoms with E-state index in [1.807, 2.05) is 0 Å². The molecule has 1 aromatic heterocycles. The monoisotopic (exact) mass is 476 g/mol. The fraction of sp³-hybridized carbons (Fsp3) is 0.348. The van der Waals surface area contributed by atoms with Crippen LogP contribution in [-0.4, -0.2) is 70.5 Å². The molecule has 1 aliphatic rings. The number of fused-ring (bicyclic) bond motifs is 1. The van der Waals surface area contributed by atoms with Crippen molar-refractivity contribution in [3.63, 3.8) is 0 Å². The van der Waals surface area contributed by atoms with Gasteiger partial charge in [-0.1, -0.05) is 0 Å². The standard InChI is InChI=1S/C23H24O11/c1-9-19(27)20(28)21(29)23(32-9)34-22-16(30-2)4-10(5-17(22)31-3)14-8-13(26)18-12(25)6-11(24)7-15(18)33-14/h4-9,19-21,23-25,27-29H,1-3H3/t9-,19-,20+,21+,23?/m0/s1. The Kier molecular flexibility index (Phi) is 6.28. The summed E-state index contributed by atoms with van der Waals surface area (Å²) in [6.07, 6.45) is -6.51. The summed E-state index contributed by atoms with van der Waals surface area (Å²) in [6, 6.07) is 6.37. The van der Waals surface area contributed by atoms with Crippen LogP contribution < -0.4 is 19.6 Å². The van der Waals surface area contributed by atoms with Crippen molar-refractivity contribution in [2.75, 3.05) is 14.2 Å². The van der Waals surface area contributed by atoms with Crippen molar-refractivity contribution in [2.45, 2.75) is 37.6 Å². The van der Waals surface area contributed by atoms with Crippen LogP contribution in [-0.2, 0) is 4.74 Å². The smallest absolute Gasteiger partial charge is 0.229 e. The highest BCUT2D eigenvalue weighted by atomic mass is 16.7. The Morgan fingerprint density at radius 1 is 0.882 bits per heavy atom. The molecule has 1 unspecified atom stereocenters. The number of phenols is 2. The maximum Gasteiger partial charge on any atom is 0.229 e. The summed E-state index contributed by atoms with van der Waals surface area (Å²) >= 11 is 0. The van der Waals surface area contributed by atoms with Gasteiger partial charge in [-0.3, -0.25) is 4.79 Å². The van der Waals surface area contributed by atoms with Crippen molar-refractivity contribution in [1.82, 2.24) is 0 Å². The molecule has 1 fully saturated rings. The van der Waals surface area contributed by atoms with E-state index in [9.17, 15) is 30.3 Å². The minimum absolute atomic E-state index is 0.0291. The van der Waals surface area contributed by atoms with Crippen LogP contribution in [0.1, 0.15) is 6.92 Å². The lowest BCUT2D eigenvalue weighted by Crippen LogP contribution is -2.58. The fourth-order valence-electron chi connectivity index (χ4n) is 3.76. The van der Waals surface area contributed by atoms with E-state index in [0.29, 0.717) is 5.56 Å². The summed E-state index contributed by atoms with van der Waals surface area (Å²) in [7, 11) is 2.72. The second kappa shape index (κ2) is 9.03. The van der Waals surface area contributed by atoms with Crippen LogP contribution in [0.3, 0.4) is 0 Å². The fourth-order valence-corrected chi connectivity index (χ4v) is 3.76. The zero-order chi connectivity index (χ0) is 24.7. The Labute approximate surface area is 192 Å². The van der Waals surface area contributed by atoms with E-state index < -0.39 is 41.9 Å². The topological polar surface area (TPSA) is 168 Å². The molecule has 5 atom stereocenters. The number of rotatable bonds is 5. The van der Waals surface area contributed by atoms with Gasteiger partial charge in [0, 0.05) is 23.8 Å². The van der Waals surface area contributed by atoms with Crippen molar-refractivity contribution >= 4 is 11.0 Å². The van der Waals surface area contributed by atoms with Gasteiger partial charge in [0.25, 0.3) is 0 Å². The van der Waals surface area contributed by atoms with Gasteiger partial charge in [0.15, 0.2) is 16.9 Å². The molecule has 5 N–H and O–H groups in total. The molecule has 2 aromatic carbocycles. The third-order valence-corrected chi connectivity index (χ3v) is 5.58. The van der Waals surface area contributed by atoms with Gasteiger partial charge in [0.05, 0.1) is 20.3 Å². The van der Waals surface area contributed by atoms with E-state index in [0.717, 1.165) is 6.07 Å². The highest BCUT2D eigenvalue weighted by Gasteiger charge is 2.43. The van der Waals surface area contributed by atoms with E-state index in [-0.39, 0.29) is 39.7 Å². The van der Waals surface area contributed by atoms with Gasteiger partial charge < -0.3 is 48.9 Å². The molecule has 2 heterocycles. The summed E-state index contributed by atoms with van der Waals surface area (Å²) in [6.45, 7) is 1.52. The molecule has 4 rings (SSSR count). The van der Waals surface area contributed by atoms with Gasteiger partial charge in [-0.05, 0) is 19.1 Å². The number of hydrogen-bond donors (Lipinski definition) is 5. The highest BCUT2D eigenvalue weighted by molar-refractivity contribution is 5.86. The molecule has 11 nitrogen and oxygen atoms in total. The van der Waals surface area contributed by atoms with Crippen LogP contribution >= 0.6 is 0 Å². The Bertz CT molecular complexity index is 1240. The van der Waals surface area contributed by atoms with Gasteiger partial charge in [-0.25, -0.2) is 0 Å². The number of hydrogen-bond acceptors (Lipinski definition) is 11. The molecule has 11 heteroatoms. The SMILES string of the molecule is COc1cc(-c2cc(=O)c3c(O)cc(O)cc3o2)cc(OC)c1OC1O[C@@H](C)[C@H](O)[C@@H](O)[C@H]1O. The molecular weight excluding hydrogens is 452 g/mol. The van der Waals surface area contributed by atoms with E-state index in [1.165, 1.54) is 45.4 Å². The third-order valence-electron chi connectivity index (χ3n) is 5.58. The number of ether oxygens (including phenoxy) is 4. The lowest BCUT2D eigenvalue weighted by atomic mass is 10.00. The molecule has 0 bridgehead atoms. The largest absolute Gasteiger partial charge is 0.508 e. The van der Waals surface area contributed by atoms with Crippen LogP contribution in [0.25, 0.3) is 22.3 Å². The number of benzene rings is 2. The van der Waals surface area contributed by atoms with E-state index in [2.05, 4.69) is 0 Å². The van der Waals surface area contributed by atoms with Crippen LogP contribution in [0.5, 0.6) is 28.7 Å². The Balaban J connectivity index is 1.77. The molecule has 0 radical (unpaired) electrons. The zero-order valence-electron chi connectivity index (χ0n) is 18.5. The minimum atomic E-state index is -1.56. The number of methoxy groups -OCH3 is 2. The van der Waals surface area contributed by atoms with Crippen LogP contribution in [0.2, 0.25) is 0 Å². The molecular formula is C23H24O11. The summed E-state index contributed by atoms with van der Waals surface area (Å²) in [5.41, 5.74) is -0.220. The molecule has 34 heavy (non-hydrogen) atoms. The minimum Gasteiger partial charge on any atom is -0.508 e. The zero-order valence-corrected chi connectivity index (χ0v) is 18.5. The molecule has 3 aromatic rings. The molecule has 1 aliphatic heterocycles. The number of aromatic hydroxyl groups is 2. The van der Waals surface area contributed by atoms with Crippen LogP contribution in [0, 0.1) is 0 Å². The van der Waals surface area contributed by atoms with E-state index >= 15 is 0 Å². The van der Waals surface area contributed by atoms with Crippen LogP contribution in [0.15, 0.2) is 39.5 Å². The maximum absolute atomic E-state index is 12.6. The number of aliphatic hydroxyl groups excluding tert-OH is 3. The Morgan fingerprint density at radius 2 is 1.53 bits per heavy atom. The first-order valence-corrected chi connectivity index (χ1v) is 10.3.